The summed E-state index contributed by atoms with van der Waals surface area (Å²) in [6.07, 6.45) is 0.713. The molecular weight excluding hydrogens is 298 g/mol. The van der Waals surface area contributed by atoms with Crippen LogP contribution in [0.1, 0.15) is 23.8 Å². The molecule has 0 amide bonds. The highest BCUT2D eigenvalue weighted by Crippen LogP contribution is 2.32. The molecular formula is C13H21NO4S2. The topological polar surface area (TPSA) is 66.8 Å². The first-order chi connectivity index (χ1) is 9.41. The standard InChI is InChI=1S/C13H21NO4S2/c1-9-4-5-14(6-11(9)18-3)20(16,17)13-10(2)8-19-12(13)7-15/h8-9,11,15H,4-7H2,1-3H3. The number of aliphatic hydroxyl groups excluding tert-OH is 1. The Hall–Kier alpha value is -0.470. The second-order valence-corrected chi connectivity index (χ2v) is 8.07. The van der Waals surface area contributed by atoms with Gasteiger partial charge in [-0.3, -0.25) is 0 Å². The van der Waals surface area contributed by atoms with E-state index in [1.54, 1.807) is 19.4 Å². The molecule has 1 fully saturated rings. The van der Waals surface area contributed by atoms with E-state index >= 15 is 0 Å². The molecule has 0 aromatic carbocycles. The Kier molecular flexibility index (Phi) is 4.86. The summed E-state index contributed by atoms with van der Waals surface area (Å²) < 4.78 is 32.4. The molecule has 20 heavy (non-hydrogen) atoms. The van der Waals surface area contributed by atoms with E-state index in [0.29, 0.717) is 29.4 Å². The minimum atomic E-state index is -3.55. The van der Waals surface area contributed by atoms with Crippen LogP contribution in [0.25, 0.3) is 0 Å². The molecule has 5 nitrogen and oxygen atoms in total. The number of piperidine rings is 1. The van der Waals surface area contributed by atoms with Crippen molar-refractivity contribution in [3.63, 3.8) is 0 Å². The van der Waals surface area contributed by atoms with Gasteiger partial charge in [0.05, 0.1) is 17.6 Å². The first-order valence-electron chi connectivity index (χ1n) is 6.62. The minimum Gasteiger partial charge on any atom is -0.391 e. The normalized spacial score (nSPS) is 25.0. The van der Waals surface area contributed by atoms with Crippen LogP contribution in [0.2, 0.25) is 0 Å². The Morgan fingerprint density at radius 3 is 2.85 bits per heavy atom. The summed E-state index contributed by atoms with van der Waals surface area (Å²) in [5.74, 6) is 0.354. The van der Waals surface area contributed by atoms with E-state index in [1.165, 1.54) is 15.6 Å². The Morgan fingerprint density at radius 2 is 2.25 bits per heavy atom. The van der Waals surface area contributed by atoms with E-state index in [9.17, 15) is 13.5 Å². The lowest BCUT2D eigenvalue weighted by Crippen LogP contribution is -2.46. The Morgan fingerprint density at radius 1 is 1.55 bits per heavy atom. The molecule has 0 spiro atoms. The first-order valence-corrected chi connectivity index (χ1v) is 8.94. The van der Waals surface area contributed by atoms with Crippen LogP contribution in [0.15, 0.2) is 10.3 Å². The van der Waals surface area contributed by atoms with E-state index < -0.39 is 10.0 Å². The van der Waals surface area contributed by atoms with Crippen molar-refractivity contribution in [3.8, 4) is 0 Å². The third kappa shape index (κ3) is 2.78. The highest BCUT2D eigenvalue weighted by Gasteiger charge is 2.36. The molecule has 2 rings (SSSR count). The van der Waals surface area contributed by atoms with Gasteiger partial charge in [-0.1, -0.05) is 6.92 Å². The smallest absolute Gasteiger partial charge is 0.244 e. The molecule has 114 valence electrons. The van der Waals surface area contributed by atoms with Gasteiger partial charge < -0.3 is 9.84 Å². The molecule has 7 heteroatoms. The van der Waals surface area contributed by atoms with Crippen LogP contribution in [0.3, 0.4) is 0 Å². The maximum absolute atomic E-state index is 12.8. The van der Waals surface area contributed by atoms with Crippen molar-refractivity contribution in [2.75, 3.05) is 20.2 Å². The molecule has 2 unspecified atom stereocenters. The summed E-state index contributed by atoms with van der Waals surface area (Å²) >= 11 is 1.29. The number of hydrogen-bond donors (Lipinski definition) is 1. The lowest BCUT2D eigenvalue weighted by atomic mass is 9.97. The molecule has 0 radical (unpaired) electrons. The second kappa shape index (κ2) is 6.11. The molecule has 1 aliphatic heterocycles. The quantitative estimate of drug-likeness (QED) is 0.915. The largest absolute Gasteiger partial charge is 0.391 e. The molecule has 1 aromatic rings. The van der Waals surface area contributed by atoms with Crippen molar-refractivity contribution in [2.24, 2.45) is 5.92 Å². The number of thiophene rings is 1. The van der Waals surface area contributed by atoms with E-state index in [0.717, 1.165) is 6.42 Å². The highest BCUT2D eigenvalue weighted by molar-refractivity contribution is 7.89. The van der Waals surface area contributed by atoms with Gasteiger partial charge >= 0.3 is 0 Å². The van der Waals surface area contributed by atoms with Crippen molar-refractivity contribution in [3.05, 3.63) is 15.8 Å². The Labute approximate surface area is 124 Å². The van der Waals surface area contributed by atoms with Crippen molar-refractivity contribution in [1.82, 2.24) is 4.31 Å². The van der Waals surface area contributed by atoms with Crippen LogP contribution in [0.4, 0.5) is 0 Å². The predicted octanol–water partition coefficient (Wildman–Crippen LogP) is 1.59. The van der Waals surface area contributed by atoms with Crippen LogP contribution < -0.4 is 0 Å². The van der Waals surface area contributed by atoms with Crippen LogP contribution in [-0.4, -0.2) is 44.1 Å². The zero-order chi connectivity index (χ0) is 14.9. The zero-order valence-corrected chi connectivity index (χ0v) is 13.6. The third-order valence-corrected chi connectivity index (χ3v) is 7.20. The van der Waals surface area contributed by atoms with Gasteiger partial charge in [-0.05, 0) is 30.2 Å². The van der Waals surface area contributed by atoms with Gasteiger partial charge in [-0.2, -0.15) is 4.31 Å². The lowest BCUT2D eigenvalue weighted by molar-refractivity contribution is 0.0183. The van der Waals surface area contributed by atoms with Gasteiger partial charge in [0.15, 0.2) is 0 Å². The van der Waals surface area contributed by atoms with Gasteiger partial charge in [-0.15, -0.1) is 11.3 Å². The number of sulfonamides is 1. The summed E-state index contributed by atoms with van der Waals surface area (Å²) in [5.41, 5.74) is 0.701. The summed E-state index contributed by atoms with van der Waals surface area (Å²) in [6, 6.07) is 0. The van der Waals surface area contributed by atoms with Crippen molar-refractivity contribution < 1.29 is 18.3 Å². The van der Waals surface area contributed by atoms with Gasteiger partial charge in [0.1, 0.15) is 4.90 Å². The number of aryl methyl sites for hydroxylation is 1. The van der Waals surface area contributed by atoms with E-state index in [4.69, 9.17) is 4.74 Å². The monoisotopic (exact) mass is 319 g/mol. The number of nitrogens with zero attached hydrogens (tertiary/aromatic N) is 1. The number of rotatable bonds is 4. The fraction of sp³-hybridized carbons (Fsp3) is 0.692. The number of hydrogen-bond acceptors (Lipinski definition) is 5. The van der Waals surface area contributed by atoms with Crippen molar-refractivity contribution in [1.29, 1.82) is 0 Å². The fourth-order valence-electron chi connectivity index (χ4n) is 2.60. The molecule has 0 bridgehead atoms. The number of aliphatic hydroxyl groups is 1. The average Bonchev–Trinajstić information content (AvgIpc) is 2.80. The Balaban J connectivity index is 2.33. The first kappa shape index (κ1) is 15.9. The maximum Gasteiger partial charge on any atom is 0.244 e. The summed E-state index contributed by atoms with van der Waals surface area (Å²) in [6.45, 7) is 4.48. The highest BCUT2D eigenvalue weighted by atomic mass is 32.2. The molecule has 1 aromatic heterocycles. The van der Waals surface area contributed by atoms with Crippen molar-refractivity contribution in [2.45, 2.75) is 37.9 Å². The summed E-state index contributed by atoms with van der Waals surface area (Å²) in [5, 5.41) is 11.1. The molecule has 1 aliphatic rings. The Bertz CT molecular complexity index is 567. The fourth-order valence-corrected chi connectivity index (χ4v) is 5.68. The van der Waals surface area contributed by atoms with Gasteiger partial charge in [0.2, 0.25) is 10.0 Å². The average molecular weight is 319 g/mol. The number of methoxy groups -OCH3 is 1. The van der Waals surface area contributed by atoms with Gasteiger partial charge in [0.25, 0.3) is 0 Å². The predicted molar refractivity (Wildman–Crippen MR) is 78.3 cm³/mol. The van der Waals surface area contributed by atoms with Crippen LogP contribution >= 0.6 is 11.3 Å². The SMILES string of the molecule is COC1CN(S(=O)(=O)c2c(C)csc2CO)CCC1C. The van der Waals surface area contributed by atoms with Crippen molar-refractivity contribution >= 4 is 21.4 Å². The summed E-state index contributed by atoms with van der Waals surface area (Å²) in [7, 11) is -1.94. The lowest BCUT2D eigenvalue weighted by Gasteiger charge is -2.35. The minimum absolute atomic E-state index is 0.0740. The third-order valence-electron chi connectivity index (χ3n) is 3.89. The maximum atomic E-state index is 12.8. The molecule has 2 heterocycles. The molecule has 0 aliphatic carbocycles. The van der Waals surface area contributed by atoms with Crippen LogP contribution in [-0.2, 0) is 21.4 Å². The van der Waals surface area contributed by atoms with Gasteiger partial charge in [-0.25, -0.2) is 8.42 Å². The molecule has 2 atom stereocenters. The van der Waals surface area contributed by atoms with Gasteiger partial charge in [0, 0.05) is 20.2 Å². The molecule has 1 saturated heterocycles. The van der Waals surface area contributed by atoms with Crippen LogP contribution in [0, 0.1) is 12.8 Å². The summed E-state index contributed by atoms with van der Waals surface area (Å²) in [4.78, 5) is 0.782. The van der Waals surface area contributed by atoms with E-state index in [2.05, 4.69) is 6.92 Å². The molecule has 1 N–H and O–H groups in total. The molecule has 0 saturated carbocycles. The number of ether oxygens (including phenoxy) is 1. The van der Waals surface area contributed by atoms with E-state index in [1.807, 2.05) is 0 Å². The zero-order valence-electron chi connectivity index (χ0n) is 12.0. The second-order valence-electron chi connectivity index (χ2n) is 5.23. The van der Waals surface area contributed by atoms with E-state index in [-0.39, 0.29) is 17.6 Å². The van der Waals surface area contributed by atoms with Crippen LogP contribution in [0.5, 0.6) is 0 Å².